The van der Waals surface area contributed by atoms with E-state index in [4.69, 9.17) is 4.52 Å². The van der Waals surface area contributed by atoms with Crippen LogP contribution >= 0.6 is 0 Å². The van der Waals surface area contributed by atoms with Crippen molar-refractivity contribution in [3.8, 4) is 0 Å². The molecule has 0 radical (unpaired) electrons. The van der Waals surface area contributed by atoms with E-state index in [0.29, 0.717) is 13.0 Å². The Kier molecular flexibility index (Phi) is 2.89. The van der Waals surface area contributed by atoms with Crippen LogP contribution in [0, 0.1) is 0 Å². The van der Waals surface area contributed by atoms with Crippen LogP contribution in [-0.4, -0.2) is 41.6 Å². The molecule has 2 heterocycles. The molecule has 1 aromatic rings. The van der Waals surface area contributed by atoms with Crippen molar-refractivity contribution >= 4 is 11.9 Å². The zero-order valence-electron chi connectivity index (χ0n) is 8.88. The van der Waals surface area contributed by atoms with Crippen LogP contribution < -0.4 is 0 Å². The van der Waals surface area contributed by atoms with Crippen LogP contribution in [-0.2, 0) is 9.53 Å². The summed E-state index contributed by atoms with van der Waals surface area (Å²) in [5.74, 6) is -0.549. The number of methoxy groups -OCH3 is 1. The van der Waals surface area contributed by atoms with E-state index >= 15 is 0 Å². The number of aromatic nitrogens is 1. The van der Waals surface area contributed by atoms with Crippen LogP contribution in [0.1, 0.15) is 23.4 Å². The smallest absolute Gasteiger partial charge is 0.328 e. The summed E-state index contributed by atoms with van der Waals surface area (Å²) < 4.78 is 9.43. The van der Waals surface area contributed by atoms with Gasteiger partial charge in [-0.1, -0.05) is 5.16 Å². The molecule has 1 unspecified atom stereocenters. The Bertz CT molecular complexity index is 388. The molecule has 1 atom stereocenters. The summed E-state index contributed by atoms with van der Waals surface area (Å²) in [5, 5.41) is 3.47. The van der Waals surface area contributed by atoms with Gasteiger partial charge in [-0.25, -0.2) is 4.79 Å². The maximum absolute atomic E-state index is 11.9. The number of nitrogens with zero attached hydrogens (tertiary/aromatic N) is 2. The fourth-order valence-corrected chi connectivity index (χ4v) is 1.86. The van der Waals surface area contributed by atoms with Gasteiger partial charge in [0.15, 0.2) is 0 Å². The summed E-state index contributed by atoms with van der Waals surface area (Å²) in [6, 6.07) is 0.984. The lowest BCUT2D eigenvalue weighted by atomic mass is 10.2. The number of rotatable bonds is 2. The minimum absolute atomic E-state index is 0.149. The van der Waals surface area contributed by atoms with Gasteiger partial charge in [0, 0.05) is 12.6 Å². The van der Waals surface area contributed by atoms with Gasteiger partial charge in [0.1, 0.15) is 6.04 Å². The average Bonchev–Trinajstić information content (AvgIpc) is 2.97. The third-order valence-corrected chi connectivity index (χ3v) is 2.64. The summed E-state index contributed by atoms with van der Waals surface area (Å²) in [4.78, 5) is 24.8. The van der Waals surface area contributed by atoms with Crippen molar-refractivity contribution in [2.24, 2.45) is 0 Å². The van der Waals surface area contributed by atoms with Crippen molar-refractivity contribution in [2.75, 3.05) is 13.7 Å². The van der Waals surface area contributed by atoms with Gasteiger partial charge in [0.25, 0.3) is 5.91 Å². The lowest BCUT2D eigenvalue weighted by Crippen LogP contribution is -2.40. The number of carbonyl (C=O) groups excluding carboxylic acids is 2. The number of carbonyl (C=O) groups is 2. The van der Waals surface area contributed by atoms with Crippen molar-refractivity contribution in [3.63, 3.8) is 0 Å². The van der Waals surface area contributed by atoms with Gasteiger partial charge in [0.2, 0.25) is 5.76 Å². The predicted molar refractivity (Wildman–Crippen MR) is 52.6 cm³/mol. The van der Waals surface area contributed by atoms with Crippen LogP contribution in [0.5, 0.6) is 0 Å². The van der Waals surface area contributed by atoms with Crippen LogP contribution in [0.3, 0.4) is 0 Å². The average molecular weight is 224 g/mol. The quantitative estimate of drug-likeness (QED) is 0.682. The van der Waals surface area contributed by atoms with E-state index in [9.17, 15) is 9.59 Å². The Balaban J connectivity index is 2.14. The summed E-state index contributed by atoms with van der Waals surface area (Å²) in [6.07, 6.45) is 2.82. The molecule has 16 heavy (non-hydrogen) atoms. The van der Waals surface area contributed by atoms with Crippen molar-refractivity contribution < 1.29 is 18.8 Å². The monoisotopic (exact) mass is 224 g/mol. The van der Waals surface area contributed by atoms with E-state index in [1.165, 1.54) is 24.3 Å². The molecule has 0 bridgehead atoms. The van der Waals surface area contributed by atoms with Crippen molar-refractivity contribution in [1.82, 2.24) is 10.1 Å². The van der Waals surface area contributed by atoms with E-state index in [-0.39, 0.29) is 17.6 Å². The summed E-state index contributed by atoms with van der Waals surface area (Å²) >= 11 is 0. The Hall–Kier alpha value is -1.85. The normalized spacial score (nSPS) is 19.8. The first-order valence-corrected chi connectivity index (χ1v) is 5.03. The molecule has 86 valence electrons. The predicted octanol–water partition coefficient (Wildman–Crippen LogP) is 0.452. The molecule has 0 N–H and O–H groups in total. The van der Waals surface area contributed by atoms with Crippen LogP contribution in [0.25, 0.3) is 0 Å². The van der Waals surface area contributed by atoms with Gasteiger partial charge in [-0.05, 0) is 12.8 Å². The molecule has 0 spiro atoms. The third-order valence-electron chi connectivity index (χ3n) is 2.64. The minimum atomic E-state index is -0.498. The molecule has 0 saturated carbocycles. The van der Waals surface area contributed by atoms with E-state index < -0.39 is 6.04 Å². The zero-order valence-corrected chi connectivity index (χ0v) is 8.88. The maximum atomic E-state index is 11.9. The molecule has 0 aliphatic carbocycles. The zero-order chi connectivity index (χ0) is 11.5. The third kappa shape index (κ3) is 1.78. The van der Waals surface area contributed by atoms with Crippen LogP contribution in [0.15, 0.2) is 16.8 Å². The van der Waals surface area contributed by atoms with Crippen molar-refractivity contribution in [1.29, 1.82) is 0 Å². The largest absolute Gasteiger partial charge is 0.467 e. The molecule has 0 aromatic carbocycles. The minimum Gasteiger partial charge on any atom is -0.467 e. The molecule has 6 nitrogen and oxygen atoms in total. The first-order valence-electron chi connectivity index (χ1n) is 5.03. The Morgan fingerprint density at radius 2 is 2.44 bits per heavy atom. The second kappa shape index (κ2) is 4.34. The molecule has 2 rings (SSSR count). The lowest BCUT2D eigenvalue weighted by molar-refractivity contribution is -0.145. The molecular formula is C10H12N2O4. The lowest BCUT2D eigenvalue weighted by Gasteiger charge is -2.20. The van der Waals surface area contributed by atoms with E-state index in [2.05, 4.69) is 9.89 Å². The maximum Gasteiger partial charge on any atom is 0.328 e. The molecular weight excluding hydrogens is 212 g/mol. The molecule has 1 aromatic heterocycles. The van der Waals surface area contributed by atoms with Gasteiger partial charge in [-0.3, -0.25) is 4.79 Å². The highest BCUT2D eigenvalue weighted by Crippen LogP contribution is 2.20. The summed E-state index contributed by atoms with van der Waals surface area (Å²) in [5.41, 5.74) is 0. The number of esters is 1. The van der Waals surface area contributed by atoms with E-state index in [1.54, 1.807) is 0 Å². The second-order valence-corrected chi connectivity index (χ2v) is 3.56. The number of hydrogen-bond donors (Lipinski definition) is 0. The molecule has 1 aliphatic heterocycles. The Labute approximate surface area is 92.1 Å². The van der Waals surface area contributed by atoms with Crippen LogP contribution in [0.2, 0.25) is 0 Å². The second-order valence-electron chi connectivity index (χ2n) is 3.56. The highest BCUT2D eigenvalue weighted by molar-refractivity contribution is 5.94. The SMILES string of the molecule is COC(=O)C1CCCN1C(=O)c1ccno1. The van der Waals surface area contributed by atoms with Gasteiger partial charge >= 0.3 is 5.97 Å². The number of ether oxygens (including phenoxy) is 1. The highest BCUT2D eigenvalue weighted by Gasteiger charge is 2.36. The molecule has 1 amide bonds. The first kappa shape index (κ1) is 10.7. The highest BCUT2D eigenvalue weighted by atomic mass is 16.5. The van der Waals surface area contributed by atoms with Crippen LogP contribution in [0.4, 0.5) is 0 Å². The van der Waals surface area contributed by atoms with Gasteiger partial charge in [-0.2, -0.15) is 0 Å². The molecule has 6 heteroatoms. The molecule has 1 aliphatic rings. The first-order chi connectivity index (χ1) is 7.74. The topological polar surface area (TPSA) is 72.6 Å². The standard InChI is InChI=1S/C10H12N2O4/c1-15-10(14)7-3-2-6-12(7)9(13)8-4-5-11-16-8/h4-5,7H,2-3,6H2,1H3. The molecule has 1 fully saturated rings. The van der Waals surface area contributed by atoms with Crippen molar-refractivity contribution in [2.45, 2.75) is 18.9 Å². The Morgan fingerprint density at radius 1 is 1.62 bits per heavy atom. The summed E-state index contributed by atoms with van der Waals surface area (Å²) in [6.45, 7) is 0.541. The summed E-state index contributed by atoms with van der Waals surface area (Å²) in [7, 11) is 1.32. The Morgan fingerprint density at radius 3 is 3.06 bits per heavy atom. The molecule has 1 saturated heterocycles. The fourth-order valence-electron chi connectivity index (χ4n) is 1.86. The van der Waals surface area contributed by atoms with E-state index in [1.807, 2.05) is 0 Å². The number of amides is 1. The van der Waals surface area contributed by atoms with E-state index in [0.717, 1.165) is 6.42 Å². The van der Waals surface area contributed by atoms with Gasteiger partial charge in [0.05, 0.1) is 13.3 Å². The van der Waals surface area contributed by atoms with Gasteiger partial charge < -0.3 is 14.2 Å². The number of likely N-dealkylation sites (tertiary alicyclic amines) is 1. The number of hydrogen-bond acceptors (Lipinski definition) is 5. The fraction of sp³-hybridized carbons (Fsp3) is 0.500. The van der Waals surface area contributed by atoms with Gasteiger partial charge in [-0.15, -0.1) is 0 Å². The van der Waals surface area contributed by atoms with Crippen molar-refractivity contribution in [3.05, 3.63) is 18.0 Å².